The highest BCUT2D eigenvalue weighted by Crippen LogP contribution is 1.95. The van der Waals surface area contributed by atoms with Gasteiger partial charge >= 0.3 is 0 Å². The highest BCUT2D eigenvalue weighted by molar-refractivity contribution is 4.98. The first-order valence-corrected chi connectivity index (χ1v) is 4.81. The molecule has 0 aromatic rings. The Morgan fingerprint density at radius 2 is 1.71 bits per heavy atom. The van der Waals surface area contributed by atoms with Crippen LogP contribution < -0.4 is 5.73 Å². The molecule has 84 valence electrons. The summed E-state index contributed by atoms with van der Waals surface area (Å²) in [6, 6.07) is 0. The van der Waals surface area contributed by atoms with Gasteiger partial charge in [-0.1, -0.05) is 6.58 Å². The molecule has 0 amide bonds. The topological polar surface area (TPSA) is 47.7 Å². The lowest BCUT2D eigenvalue weighted by Crippen LogP contribution is -2.33. The second kappa shape index (κ2) is 9.15. The Labute approximate surface area is 86.7 Å². The average molecular weight is 202 g/mol. The Morgan fingerprint density at radius 3 is 2.07 bits per heavy atom. The van der Waals surface area contributed by atoms with Crippen molar-refractivity contribution in [3.8, 4) is 0 Å². The summed E-state index contributed by atoms with van der Waals surface area (Å²) in [6.07, 6.45) is 0. The summed E-state index contributed by atoms with van der Waals surface area (Å²) in [5, 5.41) is 0. The smallest absolute Gasteiger partial charge is 0.0589 e. The van der Waals surface area contributed by atoms with Gasteiger partial charge in [-0.3, -0.25) is 4.90 Å². The molecule has 0 heterocycles. The van der Waals surface area contributed by atoms with Gasteiger partial charge in [-0.2, -0.15) is 0 Å². The van der Waals surface area contributed by atoms with Crippen molar-refractivity contribution in [3.05, 3.63) is 12.2 Å². The first-order valence-electron chi connectivity index (χ1n) is 4.81. The molecular weight excluding hydrogens is 180 g/mol. The molecule has 0 radical (unpaired) electrons. The van der Waals surface area contributed by atoms with Gasteiger partial charge in [0.1, 0.15) is 0 Å². The summed E-state index contributed by atoms with van der Waals surface area (Å²) >= 11 is 0. The van der Waals surface area contributed by atoms with Gasteiger partial charge < -0.3 is 15.2 Å². The van der Waals surface area contributed by atoms with Crippen LogP contribution in [0.2, 0.25) is 0 Å². The van der Waals surface area contributed by atoms with E-state index in [1.54, 1.807) is 14.2 Å². The second-order valence-corrected chi connectivity index (χ2v) is 3.22. The third-order valence-corrected chi connectivity index (χ3v) is 1.96. The van der Waals surface area contributed by atoms with Crippen molar-refractivity contribution in [3.63, 3.8) is 0 Å². The highest BCUT2D eigenvalue weighted by Gasteiger charge is 2.05. The predicted molar refractivity (Wildman–Crippen MR) is 58.4 cm³/mol. The van der Waals surface area contributed by atoms with Crippen LogP contribution >= 0.6 is 0 Å². The van der Waals surface area contributed by atoms with E-state index in [1.807, 2.05) is 0 Å². The number of hydrogen-bond acceptors (Lipinski definition) is 4. The molecule has 0 aliphatic heterocycles. The van der Waals surface area contributed by atoms with E-state index in [0.29, 0.717) is 6.54 Å². The molecular formula is C10H22N2O2. The molecule has 4 nitrogen and oxygen atoms in total. The van der Waals surface area contributed by atoms with E-state index in [9.17, 15) is 0 Å². The van der Waals surface area contributed by atoms with E-state index in [-0.39, 0.29) is 0 Å². The molecule has 0 spiro atoms. The Balaban J connectivity index is 3.77. The van der Waals surface area contributed by atoms with E-state index in [4.69, 9.17) is 15.2 Å². The fourth-order valence-corrected chi connectivity index (χ4v) is 1.09. The van der Waals surface area contributed by atoms with Crippen LogP contribution in [-0.2, 0) is 9.47 Å². The van der Waals surface area contributed by atoms with Crippen LogP contribution in [0.4, 0.5) is 0 Å². The number of nitrogens with two attached hydrogens (primary N) is 1. The molecule has 0 aliphatic carbocycles. The SMILES string of the molecule is C=C(CN)CN(CCOC)CCOC. The number of nitrogens with zero attached hydrogens (tertiary/aromatic N) is 1. The maximum atomic E-state index is 5.49. The summed E-state index contributed by atoms with van der Waals surface area (Å²) in [7, 11) is 3.40. The van der Waals surface area contributed by atoms with Crippen LogP contribution in [0.1, 0.15) is 0 Å². The zero-order valence-electron chi connectivity index (χ0n) is 9.29. The van der Waals surface area contributed by atoms with E-state index < -0.39 is 0 Å². The fraction of sp³-hybridized carbons (Fsp3) is 0.800. The number of methoxy groups -OCH3 is 2. The van der Waals surface area contributed by atoms with Crippen LogP contribution in [0.15, 0.2) is 12.2 Å². The Kier molecular flexibility index (Phi) is 8.87. The van der Waals surface area contributed by atoms with Gasteiger partial charge in [0.15, 0.2) is 0 Å². The molecule has 0 aromatic carbocycles. The lowest BCUT2D eigenvalue weighted by Gasteiger charge is -2.22. The maximum absolute atomic E-state index is 5.49. The summed E-state index contributed by atoms with van der Waals surface area (Å²) in [5.74, 6) is 0. The Morgan fingerprint density at radius 1 is 1.21 bits per heavy atom. The third-order valence-electron chi connectivity index (χ3n) is 1.96. The number of rotatable bonds is 9. The predicted octanol–water partition coefficient (Wildman–Crippen LogP) is 0.0961. The lowest BCUT2D eigenvalue weighted by molar-refractivity contribution is 0.119. The Bertz CT molecular complexity index is 143. The van der Waals surface area contributed by atoms with Crippen LogP contribution in [0.5, 0.6) is 0 Å². The molecule has 0 fully saturated rings. The highest BCUT2D eigenvalue weighted by atomic mass is 16.5. The minimum Gasteiger partial charge on any atom is -0.383 e. The summed E-state index contributed by atoms with van der Waals surface area (Å²) in [6.45, 7) is 8.46. The van der Waals surface area contributed by atoms with Gasteiger partial charge in [0.25, 0.3) is 0 Å². The van der Waals surface area contributed by atoms with Crippen molar-refractivity contribution in [2.24, 2.45) is 5.73 Å². The van der Waals surface area contributed by atoms with Crippen molar-refractivity contribution >= 4 is 0 Å². The zero-order valence-corrected chi connectivity index (χ0v) is 9.29. The molecule has 0 bridgehead atoms. The lowest BCUT2D eigenvalue weighted by atomic mass is 10.3. The normalized spacial score (nSPS) is 10.9. The van der Waals surface area contributed by atoms with E-state index in [0.717, 1.165) is 38.4 Å². The van der Waals surface area contributed by atoms with Crippen molar-refractivity contribution < 1.29 is 9.47 Å². The van der Waals surface area contributed by atoms with Crippen molar-refractivity contribution in [2.45, 2.75) is 0 Å². The number of ether oxygens (including phenoxy) is 2. The average Bonchev–Trinajstić information content (AvgIpc) is 2.21. The minimum absolute atomic E-state index is 0.538. The number of hydrogen-bond donors (Lipinski definition) is 1. The van der Waals surface area contributed by atoms with Crippen LogP contribution in [-0.4, -0.2) is 58.5 Å². The van der Waals surface area contributed by atoms with Crippen molar-refractivity contribution in [1.29, 1.82) is 0 Å². The van der Waals surface area contributed by atoms with Gasteiger partial charge in [-0.15, -0.1) is 0 Å². The van der Waals surface area contributed by atoms with E-state index in [2.05, 4.69) is 11.5 Å². The maximum Gasteiger partial charge on any atom is 0.0589 e. The molecule has 0 atom stereocenters. The van der Waals surface area contributed by atoms with Crippen LogP contribution in [0, 0.1) is 0 Å². The molecule has 2 N–H and O–H groups in total. The molecule has 0 aromatic heterocycles. The summed E-state index contributed by atoms with van der Waals surface area (Å²) in [4.78, 5) is 2.22. The third kappa shape index (κ3) is 7.03. The first kappa shape index (κ1) is 13.6. The zero-order chi connectivity index (χ0) is 10.8. The largest absolute Gasteiger partial charge is 0.383 e. The van der Waals surface area contributed by atoms with Gasteiger partial charge in [0.2, 0.25) is 0 Å². The quantitative estimate of drug-likeness (QED) is 0.539. The second-order valence-electron chi connectivity index (χ2n) is 3.22. The van der Waals surface area contributed by atoms with Gasteiger partial charge in [-0.05, 0) is 5.57 Å². The molecule has 14 heavy (non-hydrogen) atoms. The fourth-order valence-electron chi connectivity index (χ4n) is 1.09. The monoisotopic (exact) mass is 202 g/mol. The standard InChI is InChI=1S/C10H22N2O2/c1-10(8-11)9-12(4-6-13-2)5-7-14-3/h1,4-9,11H2,2-3H3. The minimum atomic E-state index is 0.538. The summed E-state index contributed by atoms with van der Waals surface area (Å²) in [5.41, 5.74) is 6.53. The van der Waals surface area contributed by atoms with Gasteiger partial charge in [0, 0.05) is 40.4 Å². The molecule has 0 unspecified atom stereocenters. The molecule has 0 rings (SSSR count). The molecule has 0 saturated heterocycles. The Hall–Kier alpha value is -0.420. The van der Waals surface area contributed by atoms with Gasteiger partial charge in [0.05, 0.1) is 13.2 Å². The van der Waals surface area contributed by atoms with Crippen molar-refractivity contribution in [1.82, 2.24) is 4.90 Å². The van der Waals surface area contributed by atoms with Crippen molar-refractivity contribution in [2.75, 3.05) is 53.6 Å². The molecule has 0 aliphatic rings. The van der Waals surface area contributed by atoms with Gasteiger partial charge in [-0.25, -0.2) is 0 Å². The van der Waals surface area contributed by atoms with E-state index >= 15 is 0 Å². The summed E-state index contributed by atoms with van der Waals surface area (Å²) < 4.78 is 10.0. The van der Waals surface area contributed by atoms with E-state index in [1.165, 1.54) is 0 Å². The molecule has 4 heteroatoms. The van der Waals surface area contributed by atoms with Crippen LogP contribution in [0.25, 0.3) is 0 Å². The first-order chi connectivity index (χ1) is 6.74. The molecule has 0 saturated carbocycles. The van der Waals surface area contributed by atoms with Crippen LogP contribution in [0.3, 0.4) is 0 Å².